The first-order chi connectivity index (χ1) is 10.2. The molecule has 3 aromatic rings. The van der Waals surface area contributed by atoms with Crippen molar-refractivity contribution in [2.75, 3.05) is 5.32 Å². The Kier molecular flexibility index (Phi) is 3.83. The van der Waals surface area contributed by atoms with Crippen LogP contribution in [-0.4, -0.2) is 19.5 Å². The van der Waals surface area contributed by atoms with Crippen molar-refractivity contribution in [1.29, 1.82) is 0 Å². The summed E-state index contributed by atoms with van der Waals surface area (Å²) in [5.74, 6) is 0.992. The second-order valence-electron chi connectivity index (χ2n) is 4.85. The lowest BCUT2D eigenvalue weighted by atomic mass is 10.2. The Bertz CT molecular complexity index is 816. The molecular weight excluding hydrogens is 334 g/mol. The minimum absolute atomic E-state index is 0.201. The quantitative estimate of drug-likeness (QED) is 0.662. The molecule has 3 rings (SSSR count). The van der Waals surface area contributed by atoms with Crippen LogP contribution in [0.3, 0.4) is 0 Å². The monoisotopic (exact) mass is 349 g/mol. The van der Waals surface area contributed by atoms with Gasteiger partial charge in [-0.3, -0.25) is 0 Å². The Morgan fingerprint density at radius 2 is 2.10 bits per heavy atom. The number of aromatic nitrogens is 4. The largest absolute Gasteiger partial charge is 0.377 e. The van der Waals surface area contributed by atoms with Crippen molar-refractivity contribution in [3.8, 4) is 0 Å². The van der Waals surface area contributed by atoms with Crippen molar-refractivity contribution in [1.82, 2.24) is 19.5 Å². The minimum Gasteiger partial charge on any atom is -0.377 e. The third-order valence-corrected chi connectivity index (χ3v) is 3.96. The Balaban J connectivity index is 1.82. The summed E-state index contributed by atoms with van der Waals surface area (Å²) >= 11 is 3.51. The zero-order valence-corrected chi connectivity index (χ0v) is 13.2. The van der Waals surface area contributed by atoms with Gasteiger partial charge in [-0.15, -0.1) is 0 Å². The molecule has 0 radical (unpaired) electrons. The van der Waals surface area contributed by atoms with Crippen molar-refractivity contribution < 1.29 is 0 Å². The molecule has 0 fully saturated rings. The number of H-pyrrole nitrogens is 2. The summed E-state index contributed by atoms with van der Waals surface area (Å²) in [7, 11) is 0. The summed E-state index contributed by atoms with van der Waals surface area (Å²) in [6.45, 7) is 3.73. The van der Waals surface area contributed by atoms with Gasteiger partial charge in [0.2, 0.25) is 0 Å². The maximum atomic E-state index is 11.3. The van der Waals surface area contributed by atoms with E-state index in [4.69, 9.17) is 0 Å². The molecular formula is C14H16BrN5O. The topological polar surface area (TPSA) is 78.5 Å². The minimum atomic E-state index is -0.201. The maximum absolute atomic E-state index is 11.3. The van der Waals surface area contributed by atoms with Gasteiger partial charge >= 0.3 is 5.69 Å². The predicted molar refractivity (Wildman–Crippen MR) is 86.5 cm³/mol. The third kappa shape index (κ3) is 2.87. The Labute approximate surface area is 129 Å². The van der Waals surface area contributed by atoms with Gasteiger partial charge in [-0.25, -0.2) is 9.78 Å². The van der Waals surface area contributed by atoms with Gasteiger partial charge in [0.05, 0.1) is 23.3 Å². The summed E-state index contributed by atoms with van der Waals surface area (Å²) in [4.78, 5) is 21.2. The summed E-state index contributed by atoms with van der Waals surface area (Å²) in [6.07, 6.45) is 4.88. The molecule has 0 aliphatic carbocycles. The molecule has 0 aliphatic rings. The third-order valence-electron chi connectivity index (χ3n) is 3.31. The van der Waals surface area contributed by atoms with Gasteiger partial charge in [0.1, 0.15) is 5.82 Å². The number of fused-ring (bicyclic) bond motifs is 1. The van der Waals surface area contributed by atoms with Crippen LogP contribution in [0, 0.1) is 0 Å². The summed E-state index contributed by atoms with van der Waals surface area (Å²) in [5, 5.41) is 3.35. The number of benzene rings is 1. The number of nitrogens with zero attached hydrogens (tertiary/aromatic N) is 2. The van der Waals surface area contributed by atoms with Crippen molar-refractivity contribution >= 4 is 32.7 Å². The molecule has 0 aliphatic heterocycles. The first-order valence-corrected chi connectivity index (χ1v) is 7.62. The molecule has 1 aromatic carbocycles. The average Bonchev–Trinajstić information content (AvgIpc) is 3.02. The molecule has 6 nitrogen and oxygen atoms in total. The fraction of sp³-hybridized carbons (Fsp3) is 0.286. The van der Waals surface area contributed by atoms with Crippen molar-refractivity contribution in [3.63, 3.8) is 0 Å². The number of hydrogen-bond acceptors (Lipinski definition) is 3. The van der Waals surface area contributed by atoms with E-state index in [0.29, 0.717) is 6.54 Å². The van der Waals surface area contributed by atoms with Gasteiger partial charge < -0.3 is 19.9 Å². The van der Waals surface area contributed by atoms with E-state index in [0.717, 1.165) is 40.0 Å². The second-order valence-corrected chi connectivity index (χ2v) is 5.70. The Morgan fingerprint density at radius 3 is 2.86 bits per heavy atom. The van der Waals surface area contributed by atoms with Crippen molar-refractivity contribution in [2.24, 2.45) is 0 Å². The number of rotatable bonds is 5. The molecule has 0 atom stereocenters. The number of aromatic amines is 2. The molecule has 0 saturated carbocycles. The van der Waals surface area contributed by atoms with Crippen LogP contribution in [0.2, 0.25) is 0 Å². The van der Waals surface area contributed by atoms with Crippen LogP contribution in [0.1, 0.15) is 19.2 Å². The van der Waals surface area contributed by atoms with E-state index in [1.807, 2.05) is 24.5 Å². The van der Waals surface area contributed by atoms with Crippen LogP contribution in [0.15, 0.2) is 33.8 Å². The molecule has 0 unspecified atom stereocenters. The SMILES string of the molecule is CCCn1ccnc1CNc1cc2[nH]c(=O)[nH]c2cc1Br. The van der Waals surface area contributed by atoms with E-state index in [-0.39, 0.29) is 5.69 Å². The highest BCUT2D eigenvalue weighted by molar-refractivity contribution is 9.10. The Hall–Kier alpha value is -2.02. The summed E-state index contributed by atoms with van der Waals surface area (Å²) in [5.41, 5.74) is 2.28. The van der Waals surface area contributed by atoms with Crippen LogP contribution in [-0.2, 0) is 13.1 Å². The van der Waals surface area contributed by atoms with Gasteiger partial charge in [-0.2, -0.15) is 0 Å². The molecule has 3 N–H and O–H groups in total. The van der Waals surface area contributed by atoms with Crippen molar-refractivity contribution in [3.05, 3.63) is 45.3 Å². The number of halogens is 1. The van der Waals surface area contributed by atoms with Crippen LogP contribution < -0.4 is 11.0 Å². The molecule has 0 saturated heterocycles. The van der Waals surface area contributed by atoms with Crippen LogP contribution >= 0.6 is 15.9 Å². The zero-order chi connectivity index (χ0) is 14.8. The molecule has 0 spiro atoms. The fourth-order valence-corrected chi connectivity index (χ4v) is 2.80. The molecule has 7 heteroatoms. The Morgan fingerprint density at radius 1 is 1.33 bits per heavy atom. The first-order valence-electron chi connectivity index (χ1n) is 6.83. The van der Waals surface area contributed by atoms with Gasteiger partial charge in [0.25, 0.3) is 0 Å². The highest BCUT2D eigenvalue weighted by Crippen LogP contribution is 2.26. The molecule has 110 valence electrons. The highest BCUT2D eigenvalue weighted by atomic mass is 79.9. The number of aryl methyl sites for hydroxylation is 1. The average molecular weight is 350 g/mol. The van der Waals surface area contributed by atoms with Crippen molar-refractivity contribution in [2.45, 2.75) is 26.4 Å². The summed E-state index contributed by atoms with van der Waals surface area (Å²) in [6, 6.07) is 3.79. The zero-order valence-electron chi connectivity index (χ0n) is 11.6. The molecule has 0 amide bonds. The van der Waals surface area contributed by atoms with E-state index in [2.05, 4.69) is 47.7 Å². The standard InChI is InChI=1S/C14H16BrN5O/c1-2-4-20-5-3-16-13(20)8-17-10-7-12-11(6-9(10)15)18-14(21)19-12/h3,5-7,17H,2,4,8H2,1H3,(H2,18,19,21). The molecule has 2 aromatic heterocycles. The van der Waals surface area contributed by atoms with E-state index >= 15 is 0 Å². The number of imidazole rings is 2. The van der Waals surface area contributed by atoms with Gasteiger partial charge in [0.15, 0.2) is 0 Å². The van der Waals surface area contributed by atoms with Crippen LogP contribution in [0.25, 0.3) is 11.0 Å². The van der Waals surface area contributed by atoms with E-state index in [9.17, 15) is 4.79 Å². The lowest BCUT2D eigenvalue weighted by Gasteiger charge is -2.10. The maximum Gasteiger partial charge on any atom is 0.323 e. The molecule has 21 heavy (non-hydrogen) atoms. The second kappa shape index (κ2) is 5.77. The summed E-state index contributed by atoms with van der Waals surface area (Å²) < 4.78 is 3.04. The fourth-order valence-electron chi connectivity index (χ4n) is 2.32. The molecule has 2 heterocycles. The lowest BCUT2D eigenvalue weighted by molar-refractivity contribution is 0.644. The van der Waals surface area contributed by atoms with Crippen LogP contribution in [0.4, 0.5) is 5.69 Å². The van der Waals surface area contributed by atoms with E-state index in [1.165, 1.54) is 0 Å². The highest BCUT2D eigenvalue weighted by Gasteiger charge is 2.07. The number of nitrogens with one attached hydrogen (secondary N) is 3. The first kappa shape index (κ1) is 13.9. The normalized spacial score (nSPS) is 11.1. The van der Waals surface area contributed by atoms with E-state index in [1.54, 1.807) is 0 Å². The van der Waals surface area contributed by atoms with Gasteiger partial charge in [0, 0.05) is 23.4 Å². The van der Waals surface area contributed by atoms with Gasteiger partial charge in [-0.1, -0.05) is 6.92 Å². The molecule has 0 bridgehead atoms. The van der Waals surface area contributed by atoms with Gasteiger partial charge in [-0.05, 0) is 34.5 Å². The van der Waals surface area contributed by atoms with Crippen LogP contribution in [0.5, 0.6) is 0 Å². The predicted octanol–water partition coefficient (Wildman–Crippen LogP) is 2.84. The smallest absolute Gasteiger partial charge is 0.323 e. The van der Waals surface area contributed by atoms with E-state index < -0.39 is 0 Å². The lowest BCUT2D eigenvalue weighted by Crippen LogP contribution is -2.08. The number of hydrogen-bond donors (Lipinski definition) is 3. The number of anilines is 1.